The summed E-state index contributed by atoms with van der Waals surface area (Å²) in [6.45, 7) is 1.19. The molecule has 1 amide bonds. The number of methoxy groups -OCH3 is 1. The molecule has 0 saturated carbocycles. The average Bonchev–Trinajstić information content (AvgIpc) is 2.46. The molecule has 1 heterocycles. The van der Waals surface area contributed by atoms with E-state index in [4.69, 9.17) is 4.74 Å². The lowest BCUT2D eigenvalue weighted by molar-refractivity contribution is -0.148. The van der Waals surface area contributed by atoms with Crippen LogP contribution in [0.2, 0.25) is 0 Å². The number of rotatable bonds is 3. The number of esters is 1. The Kier molecular flexibility index (Phi) is 5.17. The molecule has 0 spiro atoms. The zero-order chi connectivity index (χ0) is 14.5. The van der Waals surface area contributed by atoms with Crippen molar-refractivity contribution < 1.29 is 14.3 Å². The third-order valence-electron chi connectivity index (χ3n) is 3.55. The number of amides is 1. The fraction of sp³-hybridized carbons (Fsp3) is 0.467. The van der Waals surface area contributed by atoms with Crippen LogP contribution in [0.4, 0.5) is 0 Å². The molecule has 5 heteroatoms. The molecule has 1 aliphatic heterocycles. The number of piperidine rings is 1. The molecule has 1 atom stereocenters. The maximum Gasteiger partial charge on any atom is 0.310 e. The predicted octanol–water partition coefficient (Wildman–Crippen LogP) is 2.40. The fourth-order valence-corrected chi connectivity index (χ4v) is 2.94. The largest absolute Gasteiger partial charge is 0.469 e. The zero-order valence-corrected chi connectivity index (χ0v) is 13.1. The minimum Gasteiger partial charge on any atom is -0.469 e. The number of nitrogens with zero attached hydrogens (tertiary/aromatic N) is 1. The van der Waals surface area contributed by atoms with Crippen molar-refractivity contribution in [1.82, 2.24) is 4.90 Å². The first-order valence-corrected chi connectivity index (χ1v) is 7.49. The van der Waals surface area contributed by atoms with Gasteiger partial charge >= 0.3 is 5.97 Å². The van der Waals surface area contributed by atoms with Gasteiger partial charge in [0.05, 0.1) is 19.4 Å². The highest BCUT2D eigenvalue weighted by atomic mass is 79.9. The Hall–Kier alpha value is -1.36. The topological polar surface area (TPSA) is 46.6 Å². The van der Waals surface area contributed by atoms with Gasteiger partial charge in [-0.2, -0.15) is 0 Å². The minimum absolute atomic E-state index is 0.0664. The van der Waals surface area contributed by atoms with Crippen LogP contribution in [0.5, 0.6) is 0 Å². The smallest absolute Gasteiger partial charge is 0.310 e. The lowest BCUT2D eigenvalue weighted by Gasteiger charge is -2.31. The van der Waals surface area contributed by atoms with Crippen LogP contribution in [0.3, 0.4) is 0 Å². The summed E-state index contributed by atoms with van der Waals surface area (Å²) in [4.78, 5) is 25.6. The van der Waals surface area contributed by atoms with Crippen molar-refractivity contribution in [1.29, 1.82) is 0 Å². The number of ether oxygens (including phenoxy) is 1. The van der Waals surface area contributed by atoms with Gasteiger partial charge in [-0.3, -0.25) is 9.59 Å². The maximum absolute atomic E-state index is 12.3. The van der Waals surface area contributed by atoms with Crippen molar-refractivity contribution in [2.75, 3.05) is 20.2 Å². The van der Waals surface area contributed by atoms with Gasteiger partial charge in [-0.25, -0.2) is 0 Å². The summed E-state index contributed by atoms with van der Waals surface area (Å²) >= 11 is 3.40. The van der Waals surface area contributed by atoms with Gasteiger partial charge in [-0.1, -0.05) is 28.1 Å². The summed E-state index contributed by atoms with van der Waals surface area (Å²) in [7, 11) is 1.39. The summed E-state index contributed by atoms with van der Waals surface area (Å²) < 4.78 is 5.74. The molecule has 108 valence electrons. The van der Waals surface area contributed by atoms with E-state index in [1.165, 1.54) is 7.11 Å². The van der Waals surface area contributed by atoms with Crippen molar-refractivity contribution in [3.63, 3.8) is 0 Å². The van der Waals surface area contributed by atoms with Crippen molar-refractivity contribution in [2.24, 2.45) is 5.92 Å². The van der Waals surface area contributed by atoms with Crippen molar-refractivity contribution in [2.45, 2.75) is 19.3 Å². The highest BCUT2D eigenvalue weighted by Crippen LogP contribution is 2.19. The Morgan fingerprint density at radius 2 is 2.25 bits per heavy atom. The molecule has 1 aromatic carbocycles. The molecular formula is C15H18BrNO3. The summed E-state index contributed by atoms with van der Waals surface area (Å²) in [5, 5.41) is 0. The van der Waals surface area contributed by atoms with Crippen LogP contribution in [0.25, 0.3) is 0 Å². The van der Waals surface area contributed by atoms with Crippen LogP contribution in [-0.4, -0.2) is 37.0 Å². The van der Waals surface area contributed by atoms with Gasteiger partial charge in [-0.05, 0) is 30.5 Å². The first-order chi connectivity index (χ1) is 9.60. The van der Waals surface area contributed by atoms with Crippen LogP contribution < -0.4 is 0 Å². The molecule has 2 rings (SSSR count). The maximum atomic E-state index is 12.3. The molecule has 0 N–H and O–H groups in total. The second-order valence-corrected chi connectivity index (χ2v) is 5.92. The number of likely N-dealkylation sites (tertiary alicyclic amines) is 1. The molecule has 1 fully saturated rings. The number of halogens is 1. The third-order valence-corrected chi connectivity index (χ3v) is 4.05. The van der Waals surface area contributed by atoms with E-state index in [9.17, 15) is 9.59 Å². The van der Waals surface area contributed by atoms with Crippen LogP contribution in [0.15, 0.2) is 28.7 Å². The molecule has 20 heavy (non-hydrogen) atoms. The second kappa shape index (κ2) is 6.88. The van der Waals surface area contributed by atoms with Crippen molar-refractivity contribution in [3.8, 4) is 0 Å². The molecule has 0 bridgehead atoms. The van der Waals surface area contributed by atoms with Crippen LogP contribution in [0, 0.1) is 5.92 Å². The van der Waals surface area contributed by atoms with Crippen LogP contribution in [-0.2, 0) is 20.7 Å². The molecule has 1 saturated heterocycles. The summed E-state index contributed by atoms with van der Waals surface area (Å²) in [5.41, 5.74) is 0.976. The molecule has 0 unspecified atom stereocenters. The van der Waals surface area contributed by atoms with Crippen LogP contribution in [0.1, 0.15) is 18.4 Å². The number of hydrogen-bond donors (Lipinski definition) is 0. The normalized spacial score (nSPS) is 18.7. The van der Waals surface area contributed by atoms with E-state index in [-0.39, 0.29) is 17.8 Å². The Labute approximate surface area is 127 Å². The average molecular weight is 340 g/mol. The first-order valence-electron chi connectivity index (χ1n) is 6.70. The number of benzene rings is 1. The molecular weight excluding hydrogens is 322 g/mol. The molecule has 0 aliphatic carbocycles. The standard InChI is InChI=1S/C15H18BrNO3/c1-20-15(19)12-5-3-7-17(10-12)14(18)9-11-4-2-6-13(16)8-11/h2,4,6,8,12H,3,5,7,9-10H2,1H3/t12-/m0/s1. The van der Waals surface area contributed by atoms with Gasteiger partial charge in [-0.15, -0.1) is 0 Å². The predicted molar refractivity (Wildman–Crippen MR) is 79.2 cm³/mol. The Morgan fingerprint density at radius 1 is 1.45 bits per heavy atom. The third kappa shape index (κ3) is 3.82. The molecule has 4 nitrogen and oxygen atoms in total. The van der Waals surface area contributed by atoms with Gasteiger partial charge in [0, 0.05) is 17.6 Å². The van der Waals surface area contributed by atoms with Gasteiger partial charge in [0.25, 0.3) is 0 Å². The highest BCUT2D eigenvalue weighted by Gasteiger charge is 2.28. The summed E-state index contributed by atoms with van der Waals surface area (Å²) in [6, 6.07) is 7.73. The summed E-state index contributed by atoms with van der Waals surface area (Å²) in [6.07, 6.45) is 2.02. The molecule has 0 aromatic heterocycles. The van der Waals surface area contributed by atoms with E-state index in [1.54, 1.807) is 4.90 Å². The first kappa shape index (κ1) is 15.0. The van der Waals surface area contributed by atoms with Crippen molar-refractivity contribution in [3.05, 3.63) is 34.3 Å². The monoisotopic (exact) mass is 339 g/mol. The Balaban J connectivity index is 1.97. The van der Waals surface area contributed by atoms with E-state index in [1.807, 2.05) is 24.3 Å². The SMILES string of the molecule is COC(=O)[C@H]1CCCN(C(=O)Cc2cccc(Br)c2)C1. The fourth-order valence-electron chi connectivity index (χ4n) is 2.50. The lowest BCUT2D eigenvalue weighted by Crippen LogP contribution is -2.43. The van der Waals surface area contributed by atoms with Crippen molar-refractivity contribution >= 4 is 27.8 Å². The summed E-state index contributed by atoms with van der Waals surface area (Å²) in [5.74, 6) is -0.332. The van der Waals surface area contributed by atoms with Gasteiger partial charge in [0.15, 0.2) is 0 Å². The lowest BCUT2D eigenvalue weighted by atomic mass is 9.97. The molecule has 1 aliphatic rings. The molecule has 0 radical (unpaired) electrons. The quantitative estimate of drug-likeness (QED) is 0.794. The zero-order valence-electron chi connectivity index (χ0n) is 11.5. The van der Waals surface area contributed by atoms with E-state index in [2.05, 4.69) is 15.9 Å². The van der Waals surface area contributed by atoms with E-state index in [0.717, 1.165) is 29.4 Å². The van der Waals surface area contributed by atoms with E-state index in [0.29, 0.717) is 13.0 Å². The van der Waals surface area contributed by atoms with Crippen LogP contribution >= 0.6 is 15.9 Å². The molecule has 1 aromatic rings. The Morgan fingerprint density at radius 3 is 2.95 bits per heavy atom. The number of carbonyl (C=O) groups excluding carboxylic acids is 2. The Bertz CT molecular complexity index is 504. The second-order valence-electron chi connectivity index (χ2n) is 5.01. The van der Waals surface area contributed by atoms with Gasteiger partial charge in [0.1, 0.15) is 0 Å². The van der Waals surface area contributed by atoms with Gasteiger partial charge < -0.3 is 9.64 Å². The van der Waals surface area contributed by atoms with E-state index >= 15 is 0 Å². The minimum atomic E-state index is -0.218. The number of hydrogen-bond acceptors (Lipinski definition) is 3. The van der Waals surface area contributed by atoms with Gasteiger partial charge in [0.2, 0.25) is 5.91 Å². The van der Waals surface area contributed by atoms with E-state index < -0.39 is 0 Å². The number of carbonyl (C=O) groups is 2. The highest BCUT2D eigenvalue weighted by molar-refractivity contribution is 9.10.